The van der Waals surface area contributed by atoms with Crippen LogP contribution in [0, 0.1) is 12.7 Å². The molecule has 0 saturated carbocycles. The maximum atomic E-state index is 13.9. The van der Waals surface area contributed by atoms with Crippen LogP contribution in [-0.4, -0.2) is 33.2 Å². The number of anilines is 1. The molecule has 3 N–H and O–H groups in total. The van der Waals surface area contributed by atoms with E-state index in [2.05, 4.69) is 15.3 Å². The summed E-state index contributed by atoms with van der Waals surface area (Å²) in [5.74, 6) is -1.17. The fraction of sp³-hybridized carbons (Fsp3) is 0.250. The van der Waals surface area contributed by atoms with Crippen LogP contribution in [0.3, 0.4) is 0 Å². The van der Waals surface area contributed by atoms with E-state index in [4.69, 9.17) is 5.73 Å². The molecule has 31 heavy (non-hydrogen) atoms. The summed E-state index contributed by atoms with van der Waals surface area (Å²) in [5, 5.41) is 2.57. The van der Waals surface area contributed by atoms with Crippen molar-refractivity contribution < 1.29 is 17.6 Å². The van der Waals surface area contributed by atoms with Crippen LogP contribution < -0.4 is 11.1 Å². The number of carbonyl (C=O) groups is 1. The normalized spacial score (nSPS) is 13.9. The van der Waals surface area contributed by atoms with E-state index in [1.165, 1.54) is 21.1 Å². The van der Waals surface area contributed by atoms with Crippen LogP contribution in [0.5, 0.6) is 0 Å². The Labute approximate surface area is 178 Å². The van der Waals surface area contributed by atoms with Gasteiger partial charge in [0.05, 0.1) is 24.1 Å². The van der Waals surface area contributed by atoms with E-state index in [9.17, 15) is 17.6 Å². The summed E-state index contributed by atoms with van der Waals surface area (Å²) in [4.78, 5) is 20.7. The molecule has 0 atom stereocenters. The highest BCUT2D eigenvalue weighted by atomic mass is 32.2. The van der Waals surface area contributed by atoms with Crippen molar-refractivity contribution in [2.75, 3.05) is 5.73 Å². The van der Waals surface area contributed by atoms with Gasteiger partial charge in [-0.25, -0.2) is 12.8 Å². The molecule has 0 aliphatic carbocycles. The van der Waals surface area contributed by atoms with Crippen LogP contribution in [0.2, 0.25) is 0 Å². The molecule has 1 amide bonds. The predicted molar refractivity (Wildman–Crippen MR) is 111 cm³/mol. The maximum absolute atomic E-state index is 13.9. The number of sulfonamides is 1. The molecule has 4 heterocycles. The lowest BCUT2D eigenvalue weighted by atomic mass is 10.2. The summed E-state index contributed by atoms with van der Waals surface area (Å²) >= 11 is 0. The van der Waals surface area contributed by atoms with Crippen molar-refractivity contribution >= 4 is 21.6 Å². The van der Waals surface area contributed by atoms with Gasteiger partial charge in [-0.15, -0.1) is 0 Å². The quantitative estimate of drug-likeness (QED) is 0.614. The minimum absolute atomic E-state index is 0.0322. The Bertz CT molecular complexity index is 1260. The molecule has 0 spiro atoms. The number of carbonyl (C=O) groups excluding carboxylic acids is 1. The molecule has 4 rings (SSSR count). The van der Waals surface area contributed by atoms with Crippen molar-refractivity contribution in [2.45, 2.75) is 31.5 Å². The highest BCUT2D eigenvalue weighted by Crippen LogP contribution is 2.30. The van der Waals surface area contributed by atoms with Gasteiger partial charge < -0.3 is 15.6 Å². The fourth-order valence-electron chi connectivity index (χ4n) is 3.51. The Morgan fingerprint density at radius 1 is 1.26 bits per heavy atom. The SMILES string of the molecule is Cc1c(S(=O)(=O)N2Cc3ccncc3C2)cc(C(=O)NCc2ncc(N)cc2F)n1C. The van der Waals surface area contributed by atoms with Crippen molar-refractivity contribution in [1.29, 1.82) is 0 Å². The van der Waals surface area contributed by atoms with Gasteiger partial charge >= 0.3 is 0 Å². The number of pyridine rings is 2. The third-order valence-corrected chi connectivity index (χ3v) is 7.30. The summed E-state index contributed by atoms with van der Waals surface area (Å²) in [6.07, 6.45) is 4.58. The van der Waals surface area contributed by atoms with Crippen molar-refractivity contribution in [2.24, 2.45) is 7.05 Å². The van der Waals surface area contributed by atoms with E-state index in [1.54, 1.807) is 32.4 Å². The maximum Gasteiger partial charge on any atom is 0.268 e. The molecular weight excluding hydrogens is 423 g/mol. The molecule has 1 aliphatic rings. The summed E-state index contributed by atoms with van der Waals surface area (Å²) in [7, 11) is -2.23. The van der Waals surface area contributed by atoms with E-state index < -0.39 is 21.7 Å². The molecule has 0 aromatic carbocycles. The third kappa shape index (κ3) is 3.77. The second kappa shape index (κ2) is 7.75. The van der Waals surface area contributed by atoms with Gasteiger partial charge in [-0.05, 0) is 30.2 Å². The van der Waals surface area contributed by atoms with Crippen LogP contribution in [0.25, 0.3) is 0 Å². The van der Waals surface area contributed by atoms with Crippen molar-refractivity contribution in [3.63, 3.8) is 0 Å². The Kier molecular flexibility index (Phi) is 5.23. The van der Waals surface area contributed by atoms with Crippen LogP contribution >= 0.6 is 0 Å². The number of amides is 1. The van der Waals surface area contributed by atoms with Gasteiger partial charge in [-0.3, -0.25) is 14.8 Å². The number of aromatic nitrogens is 3. The standard InChI is InChI=1S/C20H21FN6O3S/c1-12-19(31(29,30)27-10-13-3-4-23-7-14(13)11-27)6-18(26(12)2)20(28)25-9-17-16(21)5-15(22)8-24-17/h3-8H,9-11,22H2,1-2H3,(H,25,28). The van der Waals surface area contributed by atoms with Gasteiger partial charge in [0.15, 0.2) is 0 Å². The van der Waals surface area contributed by atoms with Gasteiger partial charge in [0.2, 0.25) is 10.0 Å². The lowest BCUT2D eigenvalue weighted by Crippen LogP contribution is -2.26. The molecule has 1 aliphatic heterocycles. The minimum Gasteiger partial charge on any atom is -0.397 e. The lowest BCUT2D eigenvalue weighted by Gasteiger charge is -2.15. The van der Waals surface area contributed by atoms with Crippen LogP contribution in [0.1, 0.15) is 33.0 Å². The number of halogens is 1. The predicted octanol–water partition coefficient (Wildman–Crippen LogP) is 1.48. The fourth-order valence-corrected chi connectivity index (χ4v) is 5.18. The molecule has 3 aromatic rings. The number of hydrogen-bond acceptors (Lipinski definition) is 6. The topological polar surface area (TPSA) is 123 Å². The average molecular weight is 444 g/mol. The zero-order valence-electron chi connectivity index (χ0n) is 17.0. The van der Waals surface area contributed by atoms with Crippen molar-refractivity contribution in [3.8, 4) is 0 Å². The highest BCUT2D eigenvalue weighted by Gasteiger charge is 2.34. The number of rotatable bonds is 5. The Morgan fingerprint density at radius 2 is 2.00 bits per heavy atom. The largest absolute Gasteiger partial charge is 0.397 e. The van der Waals surface area contributed by atoms with Crippen molar-refractivity contribution in [3.05, 3.63) is 70.8 Å². The summed E-state index contributed by atoms with van der Waals surface area (Å²) in [5.41, 5.74) is 8.02. The van der Waals surface area contributed by atoms with Crippen LogP contribution in [-0.2, 0) is 36.7 Å². The van der Waals surface area contributed by atoms with E-state index in [-0.39, 0.29) is 41.6 Å². The molecule has 9 nitrogen and oxygen atoms in total. The number of nitrogens with two attached hydrogens (primary N) is 1. The third-order valence-electron chi connectivity index (χ3n) is 5.39. The first kappa shape index (κ1) is 20.9. The second-order valence-corrected chi connectivity index (χ2v) is 9.24. The van der Waals surface area contributed by atoms with Crippen molar-refractivity contribution in [1.82, 2.24) is 24.2 Å². The van der Waals surface area contributed by atoms with E-state index >= 15 is 0 Å². The Hall–Kier alpha value is -3.31. The second-order valence-electron chi connectivity index (χ2n) is 7.34. The van der Waals surface area contributed by atoms with Crippen LogP contribution in [0.4, 0.5) is 10.1 Å². The number of fused-ring (bicyclic) bond motifs is 1. The van der Waals surface area contributed by atoms with Gasteiger partial charge in [-0.1, -0.05) is 0 Å². The zero-order chi connectivity index (χ0) is 22.3. The number of nitrogen functional groups attached to an aromatic ring is 1. The summed E-state index contributed by atoms with van der Waals surface area (Å²) in [6, 6.07) is 4.26. The number of nitrogens with one attached hydrogen (secondary N) is 1. The van der Waals surface area contributed by atoms with Gasteiger partial charge in [0.1, 0.15) is 16.4 Å². The average Bonchev–Trinajstić information content (AvgIpc) is 3.30. The summed E-state index contributed by atoms with van der Waals surface area (Å²) in [6.45, 7) is 1.95. The Morgan fingerprint density at radius 3 is 2.71 bits per heavy atom. The summed E-state index contributed by atoms with van der Waals surface area (Å²) < 4.78 is 43.3. The minimum atomic E-state index is -3.83. The molecular formula is C20H21FN6O3S. The smallest absolute Gasteiger partial charge is 0.268 e. The molecule has 3 aromatic heterocycles. The highest BCUT2D eigenvalue weighted by molar-refractivity contribution is 7.89. The van der Waals surface area contributed by atoms with Gasteiger partial charge in [0.25, 0.3) is 5.91 Å². The zero-order valence-corrected chi connectivity index (χ0v) is 17.8. The first-order chi connectivity index (χ1) is 14.7. The van der Waals surface area contributed by atoms with Gasteiger partial charge in [-0.2, -0.15) is 4.31 Å². The number of nitrogens with zero attached hydrogens (tertiary/aromatic N) is 4. The van der Waals surface area contributed by atoms with Crippen LogP contribution in [0.15, 0.2) is 41.7 Å². The number of hydrogen-bond donors (Lipinski definition) is 2. The molecule has 0 unspecified atom stereocenters. The molecule has 11 heteroatoms. The molecule has 0 fully saturated rings. The Balaban J connectivity index is 1.56. The molecule has 0 radical (unpaired) electrons. The molecule has 0 saturated heterocycles. The first-order valence-electron chi connectivity index (χ1n) is 9.45. The molecule has 162 valence electrons. The van der Waals surface area contributed by atoms with E-state index in [0.29, 0.717) is 5.69 Å². The first-order valence-corrected chi connectivity index (χ1v) is 10.9. The lowest BCUT2D eigenvalue weighted by molar-refractivity contribution is 0.0941. The van der Waals surface area contributed by atoms with Gasteiger partial charge in [0, 0.05) is 44.3 Å². The van der Waals surface area contributed by atoms with E-state index in [0.717, 1.165) is 17.2 Å². The molecule has 0 bridgehead atoms. The monoisotopic (exact) mass is 444 g/mol. The van der Waals surface area contributed by atoms with E-state index in [1.807, 2.05) is 0 Å².